The van der Waals surface area contributed by atoms with Crippen LogP contribution in [0.5, 0.6) is 0 Å². The van der Waals surface area contributed by atoms with Crippen molar-refractivity contribution in [2.75, 3.05) is 6.54 Å². The molecule has 0 aliphatic carbocycles. The van der Waals surface area contributed by atoms with E-state index in [4.69, 9.17) is 0 Å². The van der Waals surface area contributed by atoms with Crippen molar-refractivity contribution in [2.24, 2.45) is 0 Å². The van der Waals surface area contributed by atoms with Crippen LogP contribution in [0.15, 0.2) is 42.7 Å². The second-order valence-corrected chi connectivity index (χ2v) is 4.17. The molecule has 17 heavy (non-hydrogen) atoms. The highest BCUT2D eigenvalue weighted by molar-refractivity contribution is 5.66. The predicted octanol–water partition coefficient (Wildman–Crippen LogP) is 3.17. The molecule has 0 unspecified atom stereocenters. The molecule has 2 heteroatoms. The fourth-order valence-corrected chi connectivity index (χ4v) is 1.84. The third kappa shape index (κ3) is 2.92. The first-order valence-corrected chi connectivity index (χ1v) is 6.02. The summed E-state index contributed by atoms with van der Waals surface area (Å²) < 4.78 is 0. The van der Waals surface area contributed by atoms with Crippen molar-refractivity contribution in [2.45, 2.75) is 20.4 Å². The molecular weight excluding hydrogens is 208 g/mol. The van der Waals surface area contributed by atoms with Crippen molar-refractivity contribution in [3.05, 3.63) is 53.9 Å². The molecule has 88 valence electrons. The number of nitrogens with zero attached hydrogens (tertiary/aromatic N) is 1. The molecule has 0 atom stereocenters. The van der Waals surface area contributed by atoms with E-state index in [0.717, 1.165) is 13.1 Å². The minimum atomic E-state index is 0.933. The lowest BCUT2D eigenvalue weighted by Gasteiger charge is -2.07. The summed E-state index contributed by atoms with van der Waals surface area (Å²) in [6.07, 6.45) is 3.76. The molecule has 1 aromatic heterocycles. The molecule has 0 saturated heterocycles. The highest BCUT2D eigenvalue weighted by Crippen LogP contribution is 2.22. The molecule has 0 saturated carbocycles. The summed E-state index contributed by atoms with van der Waals surface area (Å²) in [5.74, 6) is 0. The smallest absolute Gasteiger partial charge is 0.0349 e. The Balaban J connectivity index is 2.21. The Hall–Kier alpha value is -1.67. The number of aromatic nitrogens is 1. The summed E-state index contributed by atoms with van der Waals surface area (Å²) in [4.78, 5) is 4.18. The van der Waals surface area contributed by atoms with Crippen LogP contribution < -0.4 is 5.32 Å². The molecule has 1 heterocycles. The molecule has 0 radical (unpaired) electrons. The minimum Gasteiger partial charge on any atom is -0.313 e. The van der Waals surface area contributed by atoms with E-state index in [-0.39, 0.29) is 0 Å². The van der Waals surface area contributed by atoms with Crippen LogP contribution in [-0.4, -0.2) is 11.5 Å². The Morgan fingerprint density at radius 2 is 1.88 bits per heavy atom. The van der Waals surface area contributed by atoms with Gasteiger partial charge in [0.05, 0.1) is 0 Å². The first-order valence-electron chi connectivity index (χ1n) is 6.02. The third-order valence-electron chi connectivity index (χ3n) is 2.88. The Labute approximate surface area is 103 Å². The Kier molecular flexibility index (Phi) is 3.89. The molecule has 0 fully saturated rings. The van der Waals surface area contributed by atoms with Gasteiger partial charge in [-0.05, 0) is 36.2 Å². The average Bonchev–Trinajstić information content (AvgIpc) is 2.38. The van der Waals surface area contributed by atoms with Crippen LogP contribution in [0.25, 0.3) is 11.1 Å². The van der Waals surface area contributed by atoms with E-state index in [9.17, 15) is 0 Å². The van der Waals surface area contributed by atoms with Gasteiger partial charge >= 0.3 is 0 Å². The number of benzene rings is 1. The van der Waals surface area contributed by atoms with Gasteiger partial charge in [-0.2, -0.15) is 0 Å². The van der Waals surface area contributed by atoms with Crippen LogP contribution in [0.2, 0.25) is 0 Å². The third-order valence-corrected chi connectivity index (χ3v) is 2.88. The number of rotatable bonds is 4. The van der Waals surface area contributed by atoms with Gasteiger partial charge in [0.1, 0.15) is 0 Å². The number of nitrogens with one attached hydrogen (secondary N) is 1. The normalized spacial score (nSPS) is 10.5. The van der Waals surface area contributed by atoms with Crippen molar-refractivity contribution >= 4 is 0 Å². The van der Waals surface area contributed by atoms with Gasteiger partial charge in [-0.3, -0.25) is 4.98 Å². The molecule has 2 nitrogen and oxygen atoms in total. The second kappa shape index (κ2) is 5.60. The van der Waals surface area contributed by atoms with E-state index in [0.29, 0.717) is 0 Å². The topological polar surface area (TPSA) is 24.9 Å². The lowest BCUT2D eigenvalue weighted by atomic mass is 10.0. The fourth-order valence-electron chi connectivity index (χ4n) is 1.84. The molecule has 1 N–H and O–H groups in total. The first-order chi connectivity index (χ1) is 8.31. The van der Waals surface area contributed by atoms with Crippen LogP contribution in [0.3, 0.4) is 0 Å². The van der Waals surface area contributed by atoms with Gasteiger partial charge in [-0.15, -0.1) is 0 Å². The van der Waals surface area contributed by atoms with Gasteiger partial charge < -0.3 is 5.32 Å². The molecule has 1 aromatic carbocycles. The van der Waals surface area contributed by atoms with E-state index in [1.165, 1.54) is 22.3 Å². The number of hydrogen-bond donors (Lipinski definition) is 1. The van der Waals surface area contributed by atoms with Crippen LogP contribution in [-0.2, 0) is 6.54 Å². The van der Waals surface area contributed by atoms with E-state index in [2.05, 4.69) is 48.4 Å². The standard InChI is InChI=1S/C15H18N2/c1-3-16-10-13-4-6-14(7-5-13)15-11-17-9-8-12(15)2/h4-9,11,16H,3,10H2,1-2H3. The molecule has 0 spiro atoms. The Bertz CT molecular complexity index is 475. The second-order valence-electron chi connectivity index (χ2n) is 4.17. The zero-order valence-corrected chi connectivity index (χ0v) is 10.4. The highest BCUT2D eigenvalue weighted by atomic mass is 14.8. The maximum Gasteiger partial charge on any atom is 0.0349 e. The largest absolute Gasteiger partial charge is 0.313 e. The maximum absolute atomic E-state index is 4.18. The van der Waals surface area contributed by atoms with Gasteiger partial charge in [0.25, 0.3) is 0 Å². The average molecular weight is 226 g/mol. The number of pyridine rings is 1. The van der Waals surface area contributed by atoms with Crippen LogP contribution >= 0.6 is 0 Å². The van der Waals surface area contributed by atoms with Gasteiger partial charge in [0.15, 0.2) is 0 Å². The van der Waals surface area contributed by atoms with E-state index >= 15 is 0 Å². The van der Waals surface area contributed by atoms with Crippen molar-refractivity contribution in [3.63, 3.8) is 0 Å². The van der Waals surface area contributed by atoms with Gasteiger partial charge in [0, 0.05) is 24.5 Å². The van der Waals surface area contributed by atoms with Crippen molar-refractivity contribution in [1.82, 2.24) is 10.3 Å². The van der Waals surface area contributed by atoms with Crippen molar-refractivity contribution in [3.8, 4) is 11.1 Å². The van der Waals surface area contributed by atoms with Crippen LogP contribution in [0.4, 0.5) is 0 Å². The Morgan fingerprint density at radius 3 is 2.53 bits per heavy atom. The fraction of sp³-hybridized carbons (Fsp3) is 0.267. The Morgan fingerprint density at radius 1 is 1.12 bits per heavy atom. The quantitative estimate of drug-likeness (QED) is 0.866. The predicted molar refractivity (Wildman–Crippen MR) is 71.8 cm³/mol. The molecule has 0 amide bonds. The monoisotopic (exact) mass is 226 g/mol. The molecular formula is C15H18N2. The lowest BCUT2D eigenvalue weighted by molar-refractivity contribution is 0.727. The number of hydrogen-bond acceptors (Lipinski definition) is 2. The van der Waals surface area contributed by atoms with Crippen molar-refractivity contribution < 1.29 is 0 Å². The summed E-state index contributed by atoms with van der Waals surface area (Å²) in [6.45, 7) is 6.17. The zero-order valence-electron chi connectivity index (χ0n) is 10.4. The summed E-state index contributed by atoms with van der Waals surface area (Å²) in [6, 6.07) is 10.7. The molecule has 0 bridgehead atoms. The molecule has 2 aromatic rings. The van der Waals surface area contributed by atoms with Gasteiger partial charge in [-0.1, -0.05) is 31.2 Å². The summed E-state index contributed by atoms with van der Waals surface area (Å²) in [7, 11) is 0. The molecule has 0 aliphatic heterocycles. The van der Waals surface area contributed by atoms with E-state index in [1.54, 1.807) is 0 Å². The van der Waals surface area contributed by atoms with E-state index in [1.807, 2.05) is 18.5 Å². The lowest BCUT2D eigenvalue weighted by Crippen LogP contribution is -2.11. The zero-order chi connectivity index (χ0) is 12.1. The summed E-state index contributed by atoms with van der Waals surface area (Å²) in [5, 5.41) is 3.32. The van der Waals surface area contributed by atoms with Gasteiger partial charge in [0.2, 0.25) is 0 Å². The van der Waals surface area contributed by atoms with Crippen molar-refractivity contribution in [1.29, 1.82) is 0 Å². The van der Waals surface area contributed by atoms with Gasteiger partial charge in [-0.25, -0.2) is 0 Å². The minimum absolute atomic E-state index is 0.933. The summed E-state index contributed by atoms with van der Waals surface area (Å²) in [5.41, 5.74) is 5.02. The summed E-state index contributed by atoms with van der Waals surface area (Å²) >= 11 is 0. The van der Waals surface area contributed by atoms with E-state index < -0.39 is 0 Å². The highest BCUT2D eigenvalue weighted by Gasteiger charge is 2.01. The molecule has 0 aliphatic rings. The van der Waals surface area contributed by atoms with Crippen LogP contribution in [0, 0.1) is 6.92 Å². The van der Waals surface area contributed by atoms with Crippen LogP contribution in [0.1, 0.15) is 18.1 Å². The molecule has 2 rings (SSSR count). The number of aryl methyl sites for hydroxylation is 1. The SMILES string of the molecule is CCNCc1ccc(-c2cnccc2C)cc1. The maximum atomic E-state index is 4.18. The first kappa shape index (κ1) is 11.8.